The Morgan fingerprint density at radius 2 is 1.60 bits per heavy atom. The van der Waals surface area contributed by atoms with Crippen LogP contribution >= 0.6 is 0 Å². The van der Waals surface area contributed by atoms with Gasteiger partial charge in [-0.05, 0) is 49.2 Å². The van der Waals surface area contributed by atoms with Crippen LogP contribution in [0.2, 0.25) is 0 Å². The third kappa shape index (κ3) is 5.44. The third-order valence-corrected chi connectivity index (χ3v) is 3.43. The average molecular weight is 405 g/mol. The fourth-order valence-electron chi connectivity index (χ4n) is 2.28. The van der Waals surface area contributed by atoms with Gasteiger partial charge in [0.2, 0.25) is 0 Å². The summed E-state index contributed by atoms with van der Waals surface area (Å²) < 4.78 is 0. The maximum Gasteiger partial charge on any atom is 0.115 e. The minimum Gasteiger partial charge on any atom is -0.378 e. The molecule has 0 aliphatic rings. The molecule has 1 radical (unpaired) electrons. The van der Waals surface area contributed by atoms with E-state index in [0.717, 1.165) is 11.4 Å². The van der Waals surface area contributed by atoms with Gasteiger partial charge in [-0.1, -0.05) is 36.4 Å². The molecule has 3 aromatic rings. The smallest absolute Gasteiger partial charge is 0.115 e. The van der Waals surface area contributed by atoms with Gasteiger partial charge in [-0.2, -0.15) is 0 Å². The van der Waals surface area contributed by atoms with E-state index in [4.69, 9.17) is 0 Å². The predicted octanol–water partition coefficient (Wildman–Crippen LogP) is 4.50. The molecule has 0 fully saturated rings. The van der Waals surface area contributed by atoms with Crippen LogP contribution < -0.4 is 10.6 Å². The Hall–Kier alpha value is -2.11. The Balaban J connectivity index is 0.00000225. The van der Waals surface area contributed by atoms with Crippen molar-refractivity contribution in [3.8, 4) is 0 Å². The summed E-state index contributed by atoms with van der Waals surface area (Å²) in [5, 5.41) is 6.31. The molecule has 0 bridgehead atoms. The van der Waals surface area contributed by atoms with Crippen molar-refractivity contribution in [2.24, 2.45) is 0 Å². The molecule has 6 heteroatoms. The summed E-state index contributed by atoms with van der Waals surface area (Å²) in [5.41, 5.74) is 4.20. The molecule has 1 heterocycles. The summed E-state index contributed by atoms with van der Waals surface area (Å²) in [5.74, 6) is 0.891. The molecule has 3 rings (SSSR count). The van der Waals surface area contributed by atoms with Crippen LogP contribution in [0.4, 0.5) is 23.3 Å². The zero-order valence-electron chi connectivity index (χ0n) is 14.2. The maximum absolute atomic E-state index is 4.36. The first kappa shape index (κ1) is 19.2. The van der Waals surface area contributed by atoms with Gasteiger partial charge in [-0.15, -0.1) is 0 Å². The van der Waals surface area contributed by atoms with Gasteiger partial charge in [0, 0.05) is 50.4 Å². The largest absolute Gasteiger partial charge is 0.378 e. The molecular formula is C19H18N5Y-. The molecule has 2 aromatic carbocycles. The zero-order chi connectivity index (χ0) is 16.8. The number of benzene rings is 2. The first-order valence-corrected chi connectivity index (χ1v) is 7.69. The summed E-state index contributed by atoms with van der Waals surface area (Å²) in [6.45, 7) is 4.08. The summed E-state index contributed by atoms with van der Waals surface area (Å²) in [7, 11) is 0. The predicted molar refractivity (Wildman–Crippen MR) is 97.6 cm³/mol. The van der Waals surface area contributed by atoms with Crippen molar-refractivity contribution in [1.29, 1.82) is 0 Å². The van der Waals surface area contributed by atoms with Gasteiger partial charge in [-0.25, -0.2) is 0 Å². The second-order valence-electron chi connectivity index (χ2n) is 5.27. The molecule has 2 N–H and O–H groups in total. The van der Waals surface area contributed by atoms with Crippen molar-refractivity contribution in [1.82, 2.24) is 15.0 Å². The summed E-state index contributed by atoms with van der Waals surface area (Å²) in [6, 6.07) is 15.9. The van der Waals surface area contributed by atoms with Crippen LogP contribution in [0.25, 0.3) is 6.08 Å². The molecule has 0 aliphatic carbocycles. The molecule has 0 atom stereocenters. The molecular weight excluding hydrogens is 387 g/mol. The number of hydrogen-bond acceptors (Lipinski definition) is 5. The number of rotatable bonds is 5. The van der Waals surface area contributed by atoms with Crippen LogP contribution in [0.5, 0.6) is 0 Å². The van der Waals surface area contributed by atoms with E-state index in [9.17, 15) is 0 Å². The molecule has 123 valence electrons. The van der Waals surface area contributed by atoms with E-state index in [1.165, 1.54) is 11.1 Å². The Bertz CT molecular complexity index is 849. The number of anilines is 4. The van der Waals surface area contributed by atoms with E-state index in [-0.39, 0.29) is 32.7 Å². The standard InChI is InChI=1S/C19H18N5.Y/c1-3-7-15-10-11-17(12-14(15)2)23-19-21-13-20-18(24-19)22-16-8-5-4-6-9-16;/h3-12H,1-2H3,(H2,20,21,22,23,24);/q-1;/b7-3+;. The van der Waals surface area contributed by atoms with Crippen LogP contribution in [0.1, 0.15) is 18.1 Å². The van der Waals surface area contributed by atoms with Crippen LogP contribution in [-0.2, 0) is 32.7 Å². The number of nitrogens with one attached hydrogen (secondary N) is 2. The van der Waals surface area contributed by atoms with Gasteiger partial charge < -0.3 is 25.6 Å². The number of nitrogens with zero attached hydrogens (tertiary/aromatic N) is 3. The Kier molecular flexibility index (Phi) is 7.22. The quantitative estimate of drug-likeness (QED) is 0.613. The minimum atomic E-state index is 0. The van der Waals surface area contributed by atoms with E-state index in [0.29, 0.717) is 11.9 Å². The van der Waals surface area contributed by atoms with Crippen molar-refractivity contribution in [2.45, 2.75) is 13.8 Å². The fourth-order valence-corrected chi connectivity index (χ4v) is 2.28. The normalized spacial score (nSPS) is 10.3. The van der Waals surface area contributed by atoms with Gasteiger partial charge in [0.15, 0.2) is 0 Å². The molecule has 0 saturated carbocycles. The summed E-state index contributed by atoms with van der Waals surface area (Å²) in [6.07, 6.45) is 6.72. The first-order valence-electron chi connectivity index (χ1n) is 7.69. The van der Waals surface area contributed by atoms with E-state index >= 15 is 0 Å². The van der Waals surface area contributed by atoms with Gasteiger partial charge in [0.25, 0.3) is 0 Å². The van der Waals surface area contributed by atoms with Crippen molar-refractivity contribution < 1.29 is 32.7 Å². The first-order chi connectivity index (χ1) is 11.7. The van der Waals surface area contributed by atoms with Gasteiger partial charge in [-0.3, -0.25) is 0 Å². The van der Waals surface area contributed by atoms with E-state index in [2.05, 4.69) is 57.0 Å². The number of aryl methyl sites for hydroxylation is 1. The fraction of sp³-hybridized carbons (Fsp3) is 0.105. The molecule has 0 aliphatic heterocycles. The van der Waals surface area contributed by atoms with Crippen LogP contribution in [0.3, 0.4) is 0 Å². The molecule has 0 unspecified atom stereocenters. The molecule has 1 aromatic heterocycles. The SMILES string of the molecule is C/C=C/c1ccc(Nc2n[c-]nc(Nc3ccccc3)n2)cc1C.[Y]. The van der Waals surface area contributed by atoms with Crippen molar-refractivity contribution >= 4 is 29.3 Å². The van der Waals surface area contributed by atoms with Crippen molar-refractivity contribution in [3.05, 3.63) is 72.1 Å². The second-order valence-corrected chi connectivity index (χ2v) is 5.27. The van der Waals surface area contributed by atoms with Crippen molar-refractivity contribution in [3.63, 3.8) is 0 Å². The van der Waals surface area contributed by atoms with Gasteiger partial charge >= 0.3 is 0 Å². The summed E-state index contributed by atoms with van der Waals surface area (Å²) in [4.78, 5) is 12.4. The number of hydrogen-bond donors (Lipinski definition) is 2. The van der Waals surface area contributed by atoms with Crippen LogP contribution in [0.15, 0.2) is 54.6 Å². The number of allylic oxidation sites excluding steroid dienone is 1. The molecule has 0 saturated heterocycles. The molecule has 0 spiro atoms. The van der Waals surface area contributed by atoms with Gasteiger partial charge in [0.05, 0.1) is 0 Å². The molecule has 25 heavy (non-hydrogen) atoms. The zero-order valence-corrected chi connectivity index (χ0v) is 17.0. The average Bonchev–Trinajstić information content (AvgIpc) is 2.59. The molecule has 0 amide bonds. The van der Waals surface area contributed by atoms with Gasteiger partial charge in [0.1, 0.15) is 11.9 Å². The van der Waals surface area contributed by atoms with E-state index < -0.39 is 0 Å². The Morgan fingerprint density at radius 3 is 2.24 bits per heavy atom. The Labute approximate surface area is 172 Å². The van der Waals surface area contributed by atoms with E-state index in [1.807, 2.05) is 49.4 Å². The number of para-hydroxylation sites is 1. The Morgan fingerprint density at radius 1 is 0.920 bits per heavy atom. The third-order valence-electron chi connectivity index (χ3n) is 3.43. The van der Waals surface area contributed by atoms with Crippen molar-refractivity contribution in [2.75, 3.05) is 10.6 Å². The maximum atomic E-state index is 4.36. The number of aromatic nitrogens is 3. The monoisotopic (exact) mass is 405 g/mol. The topological polar surface area (TPSA) is 62.7 Å². The second kappa shape index (κ2) is 9.40. The minimum absolute atomic E-state index is 0. The van der Waals surface area contributed by atoms with E-state index in [1.54, 1.807) is 0 Å². The van der Waals surface area contributed by atoms with Crippen LogP contribution in [-0.4, -0.2) is 15.0 Å². The van der Waals surface area contributed by atoms with Crippen LogP contribution in [0, 0.1) is 13.3 Å². The molecule has 5 nitrogen and oxygen atoms in total. The summed E-state index contributed by atoms with van der Waals surface area (Å²) >= 11 is 0.